The topological polar surface area (TPSA) is 86.8 Å². The average molecular weight is 450 g/mol. The maximum atomic E-state index is 13.2. The summed E-state index contributed by atoms with van der Waals surface area (Å²) in [5, 5.41) is 1.05. The molecule has 0 radical (unpaired) electrons. The van der Waals surface area contributed by atoms with Crippen molar-refractivity contribution in [2.75, 3.05) is 4.90 Å². The zero-order valence-electron chi connectivity index (χ0n) is 19.8. The van der Waals surface area contributed by atoms with Crippen molar-refractivity contribution < 1.29 is 19.2 Å². The molecular formula is C26H31N3O4. The van der Waals surface area contributed by atoms with Crippen LogP contribution in [0.5, 0.6) is 0 Å². The van der Waals surface area contributed by atoms with Gasteiger partial charge in [-0.1, -0.05) is 65.0 Å². The van der Waals surface area contributed by atoms with Crippen LogP contribution in [0.3, 0.4) is 0 Å². The van der Waals surface area contributed by atoms with E-state index in [0.717, 1.165) is 15.5 Å². The molecule has 7 nitrogen and oxygen atoms in total. The normalized spacial score (nSPS) is 17.1. The summed E-state index contributed by atoms with van der Waals surface area (Å²) in [6.45, 7) is 9.82. The number of hydrogen-bond donors (Lipinski definition) is 1. The number of nitrogens with one attached hydrogen (secondary N) is 1. The number of para-hydroxylation sites is 1. The van der Waals surface area contributed by atoms with Crippen LogP contribution in [-0.4, -0.2) is 34.7 Å². The summed E-state index contributed by atoms with van der Waals surface area (Å²) in [4.78, 5) is 53.1. The summed E-state index contributed by atoms with van der Waals surface area (Å²) in [7, 11) is 0. The molecule has 1 saturated heterocycles. The molecule has 3 rings (SSSR count). The molecule has 4 amide bonds. The third-order valence-corrected chi connectivity index (χ3v) is 5.96. The van der Waals surface area contributed by atoms with Crippen molar-refractivity contribution in [1.29, 1.82) is 0 Å². The van der Waals surface area contributed by atoms with Gasteiger partial charge < -0.3 is 0 Å². The van der Waals surface area contributed by atoms with Gasteiger partial charge in [0.2, 0.25) is 11.8 Å². The first-order valence-corrected chi connectivity index (χ1v) is 11.2. The summed E-state index contributed by atoms with van der Waals surface area (Å²) in [5.41, 5.74) is 4.43. The van der Waals surface area contributed by atoms with Crippen molar-refractivity contribution in [3.8, 4) is 0 Å². The molecule has 0 spiro atoms. The lowest BCUT2D eigenvalue weighted by atomic mass is 9.87. The number of benzene rings is 2. The lowest BCUT2D eigenvalue weighted by Crippen LogP contribution is -2.56. The van der Waals surface area contributed by atoms with Crippen LogP contribution >= 0.6 is 0 Å². The van der Waals surface area contributed by atoms with Gasteiger partial charge >= 0.3 is 0 Å². The molecule has 0 aromatic heterocycles. The van der Waals surface area contributed by atoms with Crippen LogP contribution < -0.4 is 10.3 Å². The summed E-state index contributed by atoms with van der Waals surface area (Å²) < 4.78 is 0. The van der Waals surface area contributed by atoms with Gasteiger partial charge in [0.1, 0.15) is 6.04 Å². The first-order chi connectivity index (χ1) is 15.5. The number of amides is 4. The maximum Gasteiger partial charge on any atom is 0.269 e. The third kappa shape index (κ3) is 5.13. The quantitative estimate of drug-likeness (QED) is 0.555. The van der Waals surface area contributed by atoms with Gasteiger partial charge in [-0.2, -0.15) is 0 Å². The van der Waals surface area contributed by atoms with Gasteiger partial charge in [-0.3, -0.25) is 24.6 Å². The van der Waals surface area contributed by atoms with Crippen LogP contribution in [0.2, 0.25) is 0 Å². The Morgan fingerprint density at radius 1 is 1.06 bits per heavy atom. The number of nitrogens with zero attached hydrogens (tertiary/aromatic N) is 2. The highest BCUT2D eigenvalue weighted by Crippen LogP contribution is 2.26. The SMILES string of the molecule is CCC(C)C(=O)N(NC(=O)c1ccc(C(C)(C)C)cc1)C1CC(=O)N(c2ccccc2)C1=O. The van der Waals surface area contributed by atoms with E-state index in [9.17, 15) is 19.2 Å². The van der Waals surface area contributed by atoms with Crippen molar-refractivity contribution >= 4 is 29.3 Å². The fraction of sp³-hybridized carbons (Fsp3) is 0.385. The molecule has 33 heavy (non-hydrogen) atoms. The molecule has 1 aliphatic heterocycles. The van der Waals surface area contributed by atoms with Gasteiger partial charge in [-0.25, -0.2) is 9.91 Å². The number of hydrazine groups is 1. The van der Waals surface area contributed by atoms with E-state index in [4.69, 9.17) is 0 Å². The molecule has 7 heteroatoms. The largest absolute Gasteiger partial charge is 0.274 e. The Labute approximate surface area is 194 Å². The second-order valence-corrected chi connectivity index (χ2v) is 9.41. The van der Waals surface area contributed by atoms with Crippen LogP contribution in [-0.2, 0) is 19.8 Å². The molecule has 0 saturated carbocycles. The first kappa shape index (κ1) is 24.2. The van der Waals surface area contributed by atoms with Crippen molar-refractivity contribution in [3.05, 3.63) is 65.7 Å². The van der Waals surface area contributed by atoms with E-state index in [1.54, 1.807) is 49.4 Å². The molecule has 1 aliphatic rings. The number of carbonyl (C=O) groups is 4. The standard InChI is InChI=1S/C26H31N3O4/c1-6-17(2)24(32)29(27-23(31)18-12-14-19(15-13-18)26(3,4)5)21-16-22(30)28(25(21)33)20-10-8-7-9-11-20/h7-15,17,21H,6,16H2,1-5H3,(H,27,31). The Hall–Kier alpha value is -3.48. The first-order valence-electron chi connectivity index (χ1n) is 11.2. The molecule has 0 aliphatic carbocycles. The molecular weight excluding hydrogens is 418 g/mol. The molecule has 2 aromatic rings. The highest BCUT2D eigenvalue weighted by atomic mass is 16.2. The Morgan fingerprint density at radius 2 is 1.67 bits per heavy atom. The van der Waals surface area contributed by atoms with Crippen LogP contribution in [0, 0.1) is 5.92 Å². The van der Waals surface area contributed by atoms with E-state index in [1.165, 1.54) is 0 Å². The maximum absolute atomic E-state index is 13.2. The Balaban J connectivity index is 1.88. The number of carbonyl (C=O) groups excluding carboxylic acids is 4. The van der Waals surface area contributed by atoms with Crippen LogP contribution in [0.4, 0.5) is 5.69 Å². The van der Waals surface area contributed by atoms with Crippen molar-refractivity contribution in [1.82, 2.24) is 10.4 Å². The molecule has 1 heterocycles. The van der Waals surface area contributed by atoms with Gasteiger partial charge in [0.15, 0.2) is 0 Å². The second kappa shape index (κ2) is 9.57. The Morgan fingerprint density at radius 3 is 2.21 bits per heavy atom. The van der Waals surface area contributed by atoms with Crippen molar-refractivity contribution in [2.24, 2.45) is 5.92 Å². The van der Waals surface area contributed by atoms with Gasteiger partial charge in [0, 0.05) is 11.5 Å². The predicted octanol–water partition coefficient (Wildman–Crippen LogP) is 3.84. The van der Waals surface area contributed by atoms with Crippen molar-refractivity contribution in [3.63, 3.8) is 0 Å². The number of rotatable bonds is 5. The molecule has 2 aromatic carbocycles. The number of imide groups is 1. The van der Waals surface area contributed by atoms with E-state index in [-0.39, 0.29) is 11.8 Å². The second-order valence-electron chi connectivity index (χ2n) is 9.41. The van der Waals surface area contributed by atoms with E-state index >= 15 is 0 Å². The van der Waals surface area contributed by atoms with E-state index in [1.807, 2.05) is 19.1 Å². The van der Waals surface area contributed by atoms with E-state index < -0.39 is 35.6 Å². The molecule has 1 N–H and O–H groups in total. The van der Waals surface area contributed by atoms with Gasteiger partial charge in [0.05, 0.1) is 12.1 Å². The minimum Gasteiger partial charge on any atom is -0.274 e. The minimum absolute atomic E-state index is 0.0644. The molecule has 2 unspecified atom stereocenters. The number of anilines is 1. The number of hydrogen-bond acceptors (Lipinski definition) is 4. The van der Waals surface area contributed by atoms with Crippen LogP contribution in [0.25, 0.3) is 0 Å². The lowest BCUT2D eigenvalue weighted by molar-refractivity contribution is -0.144. The third-order valence-electron chi connectivity index (χ3n) is 5.96. The molecule has 1 fully saturated rings. The fourth-order valence-electron chi connectivity index (χ4n) is 3.66. The highest BCUT2D eigenvalue weighted by Gasteiger charge is 2.45. The lowest BCUT2D eigenvalue weighted by Gasteiger charge is -2.30. The predicted molar refractivity (Wildman–Crippen MR) is 126 cm³/mol. The van der Waals surface area contributed by atoms with Gasteiger partial charge in [-0.05, 0) is 41.7 Å². The Bertz CT molecular complexity index is 1040. The summed E-state index contributed by atoms with van der Waals surface area (Å²) >= 11 is 0. The monoisotopic (exact) mass is 449 g/mol. The van der Waals surface area contributed by atoms with Gasteiger partial charge in [0.25, 0.3) is 11.8 Å². The van der Waals surface area contributed by atoms with E-state index in [2.05, 4.69) is 26.2 Å². The average Bonchev–Trinajstić information content (AvgIpc) is 3.09. The van der Waals surface area contributed by atoms with Crippen LogP contribution in [0.15, 0.2) is 54.6 Å². The molecule has 174 valence electrons. The van der Waals surface area contributed by atoms with Crippen molar-refractivity contribution in [2.45, 2.75) is 58.9 Å². The molecule has 0 bridgehead atoms. The summed E-state index contributed by atoms with van der Waals surface area (Å²) in [6, 6.07) is 14.6. The Kier molecular flexibility index (Phi) is 7.01. The minimum atomic E-state index is -1.10. The van der Waals surface area contributed by atoms with Gasteiger partial charge in [-0.15, -0.1) is 0 Å². The zero-order valence-corrected chi connectivity index (χ0v) is 19.8. The summed E-state index contributed by atoms with van der Waals surface area (Å²) in [6.07, 6.45) is 0.335. The van der Waals surface area contributed by atoms with Crippen LogP contribution in [0.1, 0.15) is 63.4 Å². The highest BCUT2D eigenvalue weighted by molar-refractivity contribution is 6.23. The molecule has 2 atom stereocenters. The smallest absolute Gasteiger partial charge is 0.269 e. The fourth-order valence-corrected chi connectivity index (χ4v) is 3.66. The summed E-state index contributed by atoms with van der Waals surface area (Å²) in [5.74, 6) is -2.29. The zero-order chi connectivity index (χ0) is 24.3. The van der Waals surface area contributed by atoms with E-state index in [0.29, 0.717) is 17.7 Å².